The van der Waals surface area contributed by atoms with E-state index in [2.05, 4.69) is 9.98 Å². The Hall–Kier alpha value is -3.33. The predicted molar refractivity (Wildman–Crippen MR) is 109 cm³/mol. The Morgan fingerprint density at radius 3 is 2.00 bits per heavy atom. The number of carbonyl (C=O) groups is 2. The molecule has 9 nitrogen and oxygen atoms in total. The molecule has 2 amide bonds. The third-order valence-electron chi connectivity index (χ3n) is 4.11. The Morgan fingerprint density at radius 1 is 0.931 bits per heavy atom. The van der Waals surface area contributed by atoms with Gasteiger partial charge in [-0.2, -0.15) is 10.0 Å². The van der Waals surface area contributed by atoms with Gasteiger partial charge in [0.05, 0.1) is 21.3 Å². The van der Waals surface area contributed by atoms with Crippen molar-refractivity contribution in [3.8, 4) is 17.2 Å². The molecule has 2 heterocycles. The van der Waals surface area contributed by atoms with Crippen LogP contribution in [0.5, 0.6) is 17.2 Å². The summed E-state index contributed by atoms with van der Waals surface area (Å²) in [5, 5.41) is 2.38. The fourth-order valence-corrected chi connectivity index (χ4v) is 2.97. The molecule has 0 aliphatic carbocycles. The Labute approximate surface area is 174 Å². The molecule has 1 aliphatic heterocycles. The fourth-order valence-electron chi connectivity index (χ4n) is 2.97. The van der Waals surface area contributed by atoms with E-state index >= 15 is 0 Å². The number of amides is 2. The second kappa shape index (κ2) is 8.78. The second-order valence-corrected chi connectivity index (χ2v) is 5.86. The standard InChI is InChI=1S/C19H20N4O5.ClH/c1-11(24)22-18(13-9-15(26-3)17(28-5)16(10-13)27-4)21-14-7-6-8-20-19(14)23(22)12(2)25;/h6-10H,1-5H3;1H. The number of carbonyl (C=O) groups excluding carboxylic acids is 2. The average molecular weight is 421 g/mol. The molecule has 0 saturated heterocycles. The topological polar surface area (TPSA) is 93.6 Å². The lowest BCUT2D eigenvalue weighted by atomic mass is 10.1. The molecule has 0 radical (unpaired) electrons. The van der Waals surface area contributed by atoms with Gasteiger partial charge in [-0.15, -0.1) is 12.4 Å². The highest BCUT2D eigenvalue weighted by Gasteiger charge is 2.35. The number of fused-ring (bicyclic) bond motifs is 1. The number of pyridine rings is 1. The quantitative estimate of drug-likeness (QED) is 0.755. The van der Waals surface area contributed by atoms with Gasteiger partial charge in [0.1, 0.15) is 5.69 Å². The predicted octanol–water partition coefficient (Wildman–Crippen LogP) is 2.74. The Balaban J connectivity index is 0.00000300. The zero-order valence-corrected chi connectivity index (χ0v) is 17.4. The highest BCUT2D eigenvalue weighted by Crippen LogP contribution is 2.40. The number of aromatic nitrogens is 1. The average Bonchev–Trinajstić information content (AvgIpc) is 2.70. The maximum atomic E-state index is 12.5. The summed E-state index contributed by atoms with van der Waals surface area (Å²) in [6.45, 7) is 2.70. The lowest BCUT2D eigenvalue weighted by Crippen LogP contribution is -2.53. The van der Waals surface area contributed by atoms with Crippen LogP contribution < -0.4 is 19.2 Å². The molecule has 0 N–H and O–H groups in total. The zero-order valence-electron chi connectivity index (χ0n) is 16.6. The number of anilines is 1. The number of benzene rings is 1. The molecular weight excluding hydrogens is 400 g/mol. The molecule has 1 aliphatic rings. The fraction of sp³-hybridized carbons (Fsp3) is 0.263. The smallest absolute Gasteiger partial charge is 0.244 e. The van der Waals surface area contributed by atoms with Crippen LogP contribution in [0.2, 0.25) is 0 Å². The summed E-state index contributed by atoms with van der Waals surface area (Å²) in [4.78, 5) is 33.6. The zero-order chi connectivity index (χ0) is 20.4. The molecule has 29 heavy (non-hydrogen) atoms. The second-order valence-electron chi connectivity index (χ2n) is 5.86. The molecule has 0 bridgehead atoms. The number of hydrogen-bond donors (Lipinski definition) is 0. The van der Waals surface area contributed by atoms with Gasteiger partial charge < -0.3 is 14.2 Å². The number of rotatable bonds is 4. The van der Waals surface area contributed by atoms with Crippen molar-refractivity contribution in [3.05, 3.63) is 36.0 Å². The first kappa shape index (κ1) is 22.0. The lowest BCUT2D eigenvalue weighted by molar-refractivity contribution is -0.130. The van der Waals surface area contributed by atoms with Crippen LogP contribution in [0.15, 0.2) is 35.5 Å². The van der Waals surface area contributed by atoms with E-state index in [1.54, 1.807) is 24.3 Å². The van der Waals surface area contributed by atoms with Crippen molar-refractivity contribution in [2.75, 3.05) is 26.3 Å². The van der Waals surface area contributed by atoms with Gasteiger partial charge in [-0.3, -0.25) is 9.59 Å². The summed E-state index contributed by atoms with van der Waals surface area (Å²) >= 11 is 0. The van der Waals surface area contributed by atoms with Gasteiger partial charge >= 0.3 is 0 Å². The van der Waals surface area contributed by atoms with Crippen LogP contribution in [0.4, 0.5) is 11.5 Å². The molecule has 0 spiro atoms. The molecule has 10 heteroatoms. The molecule has 1 aromatic heterocycles. The molecule has 3 rings (SSSR count). The highest BCUT2D eigenvalue weighted by atomic mass is 35.5. The normalized spacial score (nSPS) is 12.4. The summed E-state index contributed by atoms with van der Waals surface area (Å²) < 4.78 is 16.1. The van der Waals surface area contributed by atoms with Crippen molar-refractivity contribution in [2.45, 2.75) is 13.8 Å². The van der Waals surface area contributed by atoms with Gasteiger partial charge in [0.2, 0.25) is 17.6 Å². The largest absolute Gasteiger partial charge is 0.493 e. The highest BCUT2D eigenvalue weighted by molar-refractivity contribution is 6.15. The number of amidine groups is 1. The number of methoxy groups -OCH3 is 3. The van der Waals surface area contributed by atoms with Crippen molar-refractivity contribution in [1.29, 1.82) is 0 Å². The summed E-state index contributed by atoms with van der Waals surface area (Å²) in [7, 11) is 4.49. The van der Waals surface area contributed by atoms with Crippen LogP contribution in [0.1, 0.15) is 19.4 Å². The summed E-state index contributed by atoms with van der Waals surface area (Å²) in [6, 6.07) is 6.75. The lowest BCUT2D eigenvalue weighted by Gasteiger charge is -2.36. The number of hydrogen-bond acceptors (Lipinski definition) is 7. The van der Waals surface area contributed by atoms with Crippen molar-refractivity contribution in [3.63, 3.8) is 0 Å². The minimum Gasteiger partial charge on any atom is -0.493 e. The maximum Gasteiger partial charge on any atom is 0.244 e. The SMILES string of the molecule is COc1cc(C2=Nc3cccnc3N(C(C)=O)N2C(C)=O)cc(OC)c1OC.Cl. The first-order chi connectivity index (χ1) is 13.4. The molecule has 0 atom stereocenters. The van der Waals surface area contributed by atoms with E-state index in [-0.39, 0.29) is 30.0 Å². The van der Waals surface area contributed by atoms with Gasteiger partial charge in [0.25, 0.3) is 0 Å². The molecule has 154 valence electrons. The van der Waals surface area contributed by atoms with Crippen LogP contribution >= 0.6 is 12.4 Å². The number of halogens is 1. The van der Waals surface area contributed by atoms with Gasteiger partial charge in [-0.25, -0.2) is 9.98 Å². The first-order valence-electron chi connectivity index (χ1n) is 8.38. The van der Waals surface area contributed by atoms with Crippen molar-refractivity contribution in [2.24, 2.45) is 4.99 Å². The van der Waals surface area contributed by atoms with Crippen LogP contribution in [0.3, 0.4) is 0 Å². The number of ether oxygens (including phenoxy) is 3. The monoisotopic (exact) mass is 420 g/mol. The molecule has 0 fully saturated rings. The Kier molecular flexibility index (Phi) is 6.65. The van der Waals surface area contributed by atoms with E-state index in [0.717, 1.165) is 0 Å². The van der Waals surface area contributed by atoms with E-state index in [0.29, 0.717) is 28.5 Å². The molecule has 2 aromatic rings. The Morgan fingerprint density at radius 2 is 1.52 bits per heavy atom. The van der Waals surface area contributed by atoms with Crippen molar-refractivity contribution >= 4 is 41.6 Å². The first-order valence-corrected chi connectivity index (χ1v) is 8.38. The van der Waals surface area contributed by atoms with Gasteiger partial charge in [0.15, 0.2) is 23.2 Å². The van der Waals surface area contributed by atoms with E-state index in [9.17, 15) is 9.59 Å². The molecule has 0 saturated carbocycles. The van der Waals surface area contributed by atoms with E-state index in [1.807, 2.05) is 0 Å². The minimum absolute atomic E-state index is 0. The van der Waals surface area contributed by atoms with Gasteiger partial charge in [0, 0.05) is 25.6 Å². The number of nitrogens with zero attached hydrogens (tertiary/aromatic N) is 4. The third kappa shape index (κ3) is 3.81. The maximum absolute atomic E-state index is 12.5. The molecule has 1 aromatic carbocycles. The number of hydrazine groups is 1. The minimum atomic E-state index is -0.404. The van der Waals surface area contributed by atoms with Crippen LogP contribution in [-0.4, -0.2) is 49.0 Å². The van der Waals surface area contributed by atoms with Crippen LogP contribution in [0, 0.1) is 0 Å². The van der Waals surface area contributed by atoms with Crippen molar-refractivity contribution in [1.82, 2.24) is 9.99 Å². The van der Waals surface area contributed by atoms with E-state index < -0.39 is 5.91 Å². The molecular formula is C19H21ClN4O5. The summed E-state index contributed by atoms with van der Waals surface area (Å²) in [5.41, 5.74) is 0.962. The van der Waals surface area contributed by atoms with E-state index in [1.165, 1.54) is 51.4 Å². The third-order valence-corrected chi connectivity index (χ3v) is 4.11. The van der Waals surface area contributed by atoms with Crippen LogP contribution in [0.25, 0.3) is 0 Å². The van der Waals surface area contributed by atoms with Crippen LogP contribution in [-0.2, 0) is 9.59 Å². The Bertz CT molecular complexity index is 954. The number of aliphatic imine (C=N–C) groups is 1. The van der Waals surface area contributed by atoms with E-state index in [4.69, 9.17) is 14.2 Å². The summed E-state index contributed by atoms with van der Waals surface area (Å²) in [5.74, 6) is 0.937. The molecule has 0 unspecified atom stereocenters. The van der Waals surface area contributed by atoms with Crippen molar-refractivity contribution < 1.29 is 23.8 Å². The van der Waals surface area contributed by atoms with Gasteiger partial charge in [-0.05, 0) is 24.3 Å². The van der Waals surface area contributed by atoms with Gasteiger partial charge in [-0.1, -0.05) is 0 Å². The summed E-state index contributed by atoms with van der Waals surface area (Å²) in [6.07, 6.45) is 1.53.